The smallest absolute Gasteiger partial charge is 0.339 e. The fraction of sp³-hybridized carbons (Fsp3) is 0.538. The number of aromatic nitrogens is 1. The van der Waals surface area contributed by atoms with Crippen LogP contribution in [0.5, 0.6) is 5.75 Å². The lowest BCUT2D eigenvalue weighted by Gasteiger charge is -2.28. The lowest BCUT2D eigenvalue weighted by atomic mass is 9.95. The van der Waals surface area contributed by atoms with E-state index in [9.17, 15) is 4.79 Å². The summed E-state index contributed by atoms with van der Waals surface area (Å²) < 4.78 is 11.1. The Bertz CT molecular complexity index is 421. The molecule has 1 fully saturated rings. The van der Waals surface area contributed by atoms with Gasteiger partial charge in [-0.3, -0.25) is 4.98 Å². The molecule has 1 saturated carbocycles. The van der Waals surface area contributed by atoms with Crippen LogP contribution in [-0.2, 0) is 4.74 Å². The summed E-state index contributed by atoms with van der Waals surface area (Å²) >= 11 is 0. The van der Waals surface area contributed by atoms with E-state index in [1.165, 1.54) is 18.5 Å². The Hall–Kier alpha value is -1.62. The Balaban J connectivity index is 2.07. The molecule has 0 radical (unpaired) electrons. The lowest BCUT2D eigenvalue weighted by molar-refractivity contribution is 0.0203. The number of pyridine rings is 1. The van der Waals surface area contributed by atoms with Crippen molar-refractivity contribution in [1.29, 1.82) is 0 Å². The van der Waals surface area contributed by atoms with Gasteiger partial charge in [0.25, 0.3) is 0 Å². The van der Waals surface area contributed by atoms with Crippen molar-refractivity contribution in [2.45, 2.75) is 37.9 Å². The molecule has 2 atom stereocenters. The molecule has 0 saturated heterocycles. The van der Waals surface area contributed by atoms with Crippen LogP contribution in [-0.4, -0.2) is 35.4 Å². The Morgan fingerprint density at radius 3 is 2.94 bits per heavy atom. The van der Waals surface area contributed by atoms with Crippen molar-refractivity contribution in [1.82, 2.24) is 4.98 Å². The molecule has 0 aromatic carbocycles. The van der Waals surface area contributed by atoms with Crippen molar-refractivity contribution in [3.8, 4) is 5.75 Å². The Kier molecular flexibility index (Phi) is 4.15. The van der Waals surface area contributed by atoms with Crippen molar-refractivity contribution < 1.29 is 19.4 Å². The van der Waals surface area contributed by atoms with Gasteiger partial charge in [-0.1, -0.05) is 0 Å². The number of aromatic carboxylic acids is 1. The molecule has 0 bridgehead atoms. The fourth-order valence-corrected chi connectivity index (χ4v) is 2.25. The zero-order valence-corrected chi connectivity index (χ0v) is 10.3. The molecule has 0 amide bonds. The molecular formula is C13H17NO4. The van der Waals surface area contributed by atoms with Crippen LogP contribution in [0.15, 0.2) is 18.5 Å². The minimum absolute atomic E-state index is 0.00556. The number of carbonyl (C=O) groups is 1. The standard InChI is InChI=1S/C13H17NO4/c1-17-9-3-2-4-10(7-9)18-12-8-14-6-5-11(12)13(15)16/h5-6,8-10H,2-4,7H2,1H3,(H,15,16). The normalized spacial score (nSPS) is 23.6. The molecule has 1 heterocycles. The summed E-state index contributed by atoms with van der Waals surface area (Å²) in [4.78, 5) is 15.0. The Morgan fingerprint density at radius 1 is 1.44 bits per heavy atom. The average molecular weight is 251 g/mol. The SMILES string of the molecule is COC1CCCC(Oc2cnccc2C(=O)O)C1. The van der Waals surface area contributed by atoms with Gasteiger partial charge in [-0.2, -0.15) is 0 Å². The van der Waals surface area contributed by atoms with E-state index in [1.807, 2.05) is 0 Å². The minimum Gasteiger partial charge on any atom is -0.488 e. The third-order valence-electron chi connectivity index (χ3n) is 3.22. The Labute approximate surface area is 106 Å². The van der Waals surface area contributed by atoms with Crippen molar-refractivity contribution in [3.63, 3.8) is 0 Å². The van der Waals surface area contributed by atoms with Crippen molar-refractivity contribution in [3.05, 3.63) is 24.0 Å². The summed E-state index contributed by atoms with van der Waals surface area (Å²) in [5, 5.41) is 9.06. The number of nitrogens with zero attached hydrogens (tertiary/aromatic N) is 1. The van der Waals surface area contributed by atoms with Gasteiger partial charge in [0, 0.05) is 19.7 Å². The van der Waals surface area contributed by atoms with Gasteiger partial charge in [-0.15, -0.1) is 0 Å². The molecule has 1 aromatic rings. The second-order valence-electron chi connectivity index (χ2n) is 4.44. The van der Waals surface area contributed by atoms with Crippen LogP contribution in [0.3, 0.4) is 0 Å². The summed E-state index contributed by atoms with van der Waals surface area (Å²) in [6, 6.07) is 1.45. The van der Waals surface area contributed by atoms with Gasteiger partial charge < -0.3 is 14.6 Å². The summed E-state index contributed by atoms with van der Waals surface area (Å²) in [7, 11) is 1.69. The first kappa shape index (κ1) is 12.8. The Morgan fingerprint density at radius 2 is 2.22 bits per heavy atom. The largest absolute Gasteiger partial charge is 0.488 e. The maximum atomic E-state index is 11.1. The monoisotopic (exact) mass is 251 g/mol. The van der Waals surface area contributed by atoms with Gasteiger partial charge in [0.1, 0.15) is 11.7 Å². The highest BCUT2D eigenvalue weighted by Crippen LogP contribution is 2.26. The second kappa shape index (κ2) is 5.82. The van der Waals surface area contributed by atoms with Crippen LogP contribution < -0.4 is 4.74 Å². The van der Waals surface area contributed by atoms with Crippen molar-refractivity contribution >= 4 is 5.97 Å². The van der Waals surface area contributed by atoms with Crippen LogP contribution in [0.1, 0.15) is 36.0 Å². The number of rotatable bonds is 4. The summed E-state index contributed by atoms with van der Waals surface area (Å²) in [5.41, 5.74) is 0.157. The van der Waals surface area contributed by atoms with Gasteiger partial charge in [0.2, 0.25) is 0 Å². The number of carboxylic acids is 1. The average Bonchev–Trinajstić information content (AvgIpc) is 2.39. The molecular weight excluding hydrogens is 234 g/mol. The van der Waals surface area contributed by atoms with Gasteiger partial charge in [-0.25, -0.2) is 4.79 Å². The van der Waals surface area contributed by atoms with E-state index in [0.717, 1.165) is 25.7 Å². The third-order valence-corrected chi connectivity index (χ3v) is 3.22. The first-order valence-corrected chi connectivity index (χ1v) is 6.07. The summed E-state index contributed by atoms with van der Waals surface area (Å²) in [6.45, 7) is 0. The molecule has 1 aromatic heterocycles. The molecule has 2 rings (SSSR count). The molecule has 1 aliphatic rings. The molecule has 5 heteroatoms. The fourth-order valence-electron chi connectivity index (χ4n) is 2.25. The van der Waals surface area contributed by atoms with Crippen LogP contribution in [0.4, 0.5) is 0 Å². The highest BCUT2D eigenvalue weighted by Gasteiger charge is 2.24. The number of ether oxygens (including phenoxy) is 2. The van der Waals surface area contributed by atoms with E-state index in [2.05, 4.69) is 4.98 Å². The van der Waals surface area contributed by atoms with Gasteiger partial charge in [-0.05, 0) is 25.3 Å². The van der Waals surface area contributed by atoms with E-state index in [1.54, 1.807) is 7.11 Å². The number of methoxy groups -OCH3 is 1. The highest BCUT2D eigenvalue weighted by molar-refractivity contribution is 5.90. The lowest BCUT2D eigenvalue weighted by Crippen LogP contribution is -2.30. The molecule has 2 unspecified atom stereocenters. The van der Waals surface area contributed by atoms with E-state index in [0.29, 0.717) is 5.75 Å². The van der Waals surface area contributed by atoms with Crippen LogP contribution >= 0.6 is 0 Å². The summed E-state index contributed by atoms with van der Waals surface area (Å²) in [6.07, 6.45) is 6.91. The van der Waals surface area contributed by atoms with Crippen molar-refractivity contribution in [2.75, 3.05) is 7.11 Å². The van der Waals surface area contributed by atoms with Crippen LogP contribution in [0.25, 0.3) is 0 Å². The molecule has 5 nitrogen and oxygen atoms in total. The van der Waals surface area contributed by atoms with E-state index >= 15 is 0 Å². The topological polar surface area (TPSA) is 68.7 Å². The van der Waals surface area contributed by atoms with Crippen LogP contribution in [0.2, 0.25) is 0 Å². The van der Waals surface area contributed by atoms with E-state index in [-0.39, 0.29) is 17.8 Å². The first-order valence-electron chi connectivity index (χ1n) is 6.07. The molecule has 0 aliphatic heterocycles. The minimum atomic E-state index is -0.994. The van der Waals surface area contributed by atoms with Gasteiger partial charge in [0.15, 0.2) is 5.75 Å². The molecule has 1 N–H and O–H groups in total. The maximum Gasteiger partial charge on any atom is 0.339 e. The van der Waals surface area contributed by atoms with E-state index < -0.39 is 5.97 Å². The zero-order chi connectivity index (χ0) is 13.0. The van der Waals surface area contributed by atoms with Gasteiger partial charge in [0.05, 0.1) is 12.3 Å². The molecule has 0 spiro atoms. The quantitative estimate of drug-likeness (QED) is 0.887. The van der Waals surface area contributed by atoms with E-state index in [4.69, 9.17) is 14.6 Å². The highest BCUT2D eigenvalue weighted by atomic mass is 16.5. The molecule has 18 heavy (non-hydrogen) atoms. The predicted octanol–water partition coefficient (Wildman–Crippen LogP) is 2.12. The van der Waals surface area contributed by atoms with Crippen molar-refractivity contribution in [2.24, 2.45) is 0 Å². The first-order chi connectivity index (χ1) is 8.70. The zero-order valence-electron chi connectivity index (χ0n) is 10.3. The number of hydrogen-bond donors (Lipinski definition) is 1. The number of carboxylic acid groups (broad SMARTS) is 1. The van der Waals surface area contributed by atoms with Crippen LogP contribution in [0, 0.1) is 0 Å². The molecule has 1 aliphatic carbocycles. The maximum absolute atomic E-state index is 11.1. The van der Waals surface area contributed by atoms with Gasteiger partial charge >= 0.3 is 5.97 Å². The predicted molar refractivity (Wildman–Crippen MR) is 64.9 cm³/mol. The summed E-state index contributed by atoms with van der Waals surface area (Å²) in [5.74, 6) is -0.654. The second-order valence-corrected chi connectivity index (χ2v) is 4.44. The third kappa shape index (κ3) is 2.98. The number of hydrogen-bond acceptors (Lipinski definition) is 4. The molecule has 98 valence electrons.